The molecule has 0 saturated carbocycles. The number of nitrogens with one attached hydrogen (secondary N) is 1. The second kappa shape index (κ2) is 3.53. The number of nitrogens with zero attached hydrogens (tertiary/aromatic N) is 2. The Labute approximate surface area is 87.9 Å². The molecule has 0 aliphatic heterocycles. The predicted octanol–water partition coefficient (Wildman–Crippen LogP) is 1.94. The number of rotatable bonds is 2. The summed E-state index contributed by atoms with van der Waals surface area (Å²) < 4.78 is 1.91. The molecule has 80 valence electrons. The minimum Gasteiger partial charge on any atom is -0.328 e. The second-order valence-electron chi connectivity index (χ2n) is 4.18. The van der Waals surface area contributed by atoms with Crippen molar-refractivity contribution in [3.8, 4) is 0 Å². The van der Waals surface area contributed by atoms with Crippen molar-refractivity contribution in [3.63, 3.8) is 0 Å². The maximum absolute atomic E-state index is 11.5. The lowest BCUT2D eigenvalue weighted by molar-refractivity contribution is 0.385. The van der Waals surface area contributed by atoms with Gasteiger partial charge in [-0.3, -0.25) is 9.48 Å². The van der Waals surface area contributed by atoms with E-state index in [4.69, 9.17) is 0 Å². The summed E-state index contributed by atoms with van der Waals surface area (Å²) in [6, 6.07) is 2.19. The lowest BCUT2D eigenvalue weighted by atomic mass is 10.1. The first-order valence-electron chi connectivity index (χ1n) is 5.16. The summed E-state index contributed by atoms with van der Waals surface area (Å²) in [5.41, 5.74) is 0.828. The van der Waals surface area contributed by atoms with Gasteiger partial charge in [0.25, 0.3) is 5.56 Å². The fraction of sp³-hybridized carbons (Fsp3) is 0.455. The molecule has 0 saturated heterocycles. The molecule has 0 aromatic carbocycles. The average molecular weight is 205 g/mol. The third-order valence-electron chi connectivity index (χ3n) is 2.88. The first-order chi connectivity index (χ1) is 7.11. The third-order valence-corrected chi connectivity index (χ3v) is 2.88. The van der Waals surface area contributed by atoms with Crippen LogP contribution < -0.4 is 5.56 Å². The van der Waals surface area contributed by atoms with E-state index in [1.165, 1.54) is 0 Å². The Morgan fingerprint density at radius 2 is 2.13 bits per heavy atom. The first kappa shape index (κ1) is 9.96. The van der Waals surface area contributed by atoms with Crippen LogP contribution >= 0.6 is 0 Å². The highest BCUT2D eigenvalue weighted by molar-refractivity contribution is 5.77. The van der Waals surface area contributed by atoms with Crippen LogP contribution in [0.15, 0.2) is 23.3 Å². The van der Waals surface area contributed by atoms with Crippen LogP contribution in [0.2, 0.25) is 0 Å². The van der Waals surface area contributed by atoms with Crippen LogP contribution in [0.3, 0.4) is 0 Å². The third kappa shape index (κ3) is 1.56. The second-order valence-corrected chi connectivity index (χ2v) is 4.18. The number of fused-ring (bicyclic) bond motifs is 1. The van der Waals surface area contributed by atoms with E-state index in [0.717, 1.165) is 5.52 Å². The van der Waals surface area contributed by atoms with Gasteiger partial charge in [0, 0.05) is 6.20 Å². The lowest BCUT2D eigenvalue weighted by Gasteiger charge is -2.16. The molecule has 0 radical (unpaired) electrons. The Hall–Kier alpha value is -1.58. The van der Waals surface area contributed by atoms with Crippen LogP contribution in [0.1, 0.15) is 26.8 Å². The Morgan fingerprint density at radius 3 is 2.80 bits per heavy atom. The van der Waals surface area contributed by atoms with Gasteiger partial charge in [-0.25, -0.2) is 0 Å². The molecule has 1 N–H and O–H groups in total. The largest absolute Gasteiger partial charge is 0.328 e. The van der Waals surface area contributed by atoms with Crippen LogP contribution in [0, 0.1) is 5.92 Å². The quantitative estimate of drug-likeness (QED) is 0.814. The van der Waals surface area contributed by atoms with E-state index in [2.05, 4.69) is 30.9 Å². The highest BCUT2D eigenvalue weighted by Gasteiger charge is 2.13. The van der Waals surface area contributed by atoms with E-state index < -0.39 is 0 Å². The number of H-pyrrole nitrogens is 1. The van der Waals surface area contributed by atoms with Crippen molar-refractivity contribution in [1.29, 1.82) is 0 Å². The van der Waals surface area contributed by atoms with Gasteiger partial charge in [0.05, 0.1) is 23.1 Å². The minimum absolute atomic E-state index is 0.0743. The zero-order valence-electron chi connectivity index (χ0n) is 9.19. The summed E-state index contributed by atoms with van der Waals surface area (Å²) in [4.78, 5) is 14.1. The highest BCUT2D eigenvalue weighted by Crippen LogP contribution is 2.20. The fourth-order valence-corrected chi connectivity index (χ4v) is 1.59. The van der Waals surface area contributed by atoms with Crippen molar-refractivity contribution < 1.29 is 0 Å². The number of hydrogen-bond donors (Lipinski definition) is 1. The van der Waals surface area contributed by atoms with Crippen molar-refractivity contribution in [3.05, 3.63) is 28.8 Å². The fourth-order valence-electron chi connectivity index (χ4n) is 1.59. The van der Waals surface area contributed by atoms with Crippen LogP contribution in [-0.2, 0) is 0 Å². The summed E-state index contributed by atoms with van der Waals surface area (Å²) in [5.74, 6) is 0.493. The maximum atomic E-state index is 11.5. The van der Waals surface area contributed by atoms with Crippen LogP contribution in [0.5, 0.6) is 0 Å². The number of aromatic amines is 1. The van der Waals surface area contributed by atoms with Gasteiger partial charge in [0.2, 0.25) is 0 Å². The minimum atomic E-state index is -0.0743. The van der Waals surface area contributed by atoms with Gasteiger partial charge in [-0.2, -0.15) is 5.10 Å². The zero-order chi connectivity index (χ0) is 11.0. The standard InChI is InChI=1S/C11H15N3O/c1-7(2)8(3)14-10-4-5-12-11(15)9(10)6-13-14/h4-8H,1-3H3,(H,12,15)/t8-/m0/s1. The first-order valence-corrected chi connectivity index (χ1v) is 5.16. The van der Waals surface area contributed by atoms with Crippen LogP contribution in [0.25, 0.3) is 10.9 Å². The van der Waals surface area contributed by atoms with Crippen molar-refractivity contribution in [2.24, 2.45) is 5.92 Å². The summed E-state index contributed by atoms with van der Waals surface area (Å²) in [6.45, 7) is 6.40. The van der Waals surface area contributed by atoms with Crippen molar-refractivity contribution >= 4 is 10.9 Å². The van der Waals surface area contributed by atoms with Gasteiger partial charge in [0.1, 0.15) is 0 Å². The van der Waals surface area contributed by atoms with Crippen molar-refractivity contribution in [1.82, 2.24) is 14.8 Å². The maximum Gasteiger partial charge on any atom is 0.259 e. The van der Waals surface area contributed by atoms with E-state index in [1.807, 2.05) is 10.7 Å². The number of hydrogen-bond acceptors (Lipinski definition) is 2. The van der Waals surface area contributed by atoms with E-state index in [0.29, 0.717) is 17.3 Å². The van der Waals surface area contributed by atoms with Gasteiger partial charge in [0.15, 0.2) is 0 Å². The Bertz CT molecular complexity index is 524. The van der Waals surface area contributed by atoms with Gasteiger partial charge in [-0.05, 0) is 18.9 Å². The average Bonchev–Trinajstić information content (AvgIpc) is 2.61. The number of pyridine rings is 1. The van der Waals surface area contributed by atoms with Crippen molar-refractivity contribution in [2.45, 2.75) is 26.8 Å². The molecule has 0 unspecified atom stereocenters. The number of aromatic nitrogens is 3. The molecule has 2 aromatic heterocycles. The summed E-state index contributed by atoms with van der Waals surface area (Å²) in [7, 11) is 0. The molecule has 0 aliphatic carbocycles. The molecule has 15 heavy (non-hydrogen) atoms. The molecule has 0 spiro atoms. The molecule has 0 aliphatic rings. The Morgan fingerprint density at radius 1 is 1.40 bits per heavy atom. The van der Waals surface area contributed by atoms with E-state index >= 15 is 0 Å². The molecule has 4 heteroatoms. The molecule has 0 bridgehead atoms. The van der Waals surface area contributed by atoms with Crippen LogP contribution in [-0.4, -0.2) is 14.8 Å². The van der Waals surface area contributed by atoms with Crippen molar-refractivity contribution in [2.75, 3.05) is 0 Å². The Balaban J connectivity index is 2.64. The monoisotopic (exact) mass is 205 g/mol. The zero-order valence-corrected chi connectivity index (χ0v) is 9.19. The molecular weight excluding hydrogens is 190 g/mol. The van der Waals surface area contributed by atoms with E-state index in [9.17, 15) is 4.79 Å². The van der Waals surface area contributed by atoms with Gasteiger partial charge in [-0.15, -0.1) is 0 Å². The molecule has 2 heterocycles. The molecule has 2 aromatic rings. The van der Waals surface area contributed by atoms with Crippen LogP contribution in [0.4, 0.5) is 0 Å². The van der Waals surface area contributed by atoms with Gasteiger partial charge < -0.3 is 4.98 Å². The SMILES string of the molecule is CC(C)[C@H](C)n1ncc2c(=O)[nH]ccc21. The molecule has 0 amide bonds. The normalized spacial score (nSPS) is 13.6. The molecule has 4 nitrogen and oxygen atoms in total. The summed E-state index contributed by atoms with van der Waals surface area (Å²) in [6.07, 6.45) is 3.29. The van der Waals surface area contributed by atoms with E-state index in [1.54, 1.807) is 12.4 Å². The van der Waals surface area contributed by atoms with Gasteiger partial charge in [-0.1, -0.05) is 13.8 Å². The predicted molar refractivity (Wildman–Crippen MR) is 59.9 cm³/mol. The molecule has 1 atom stereocenters. The smallest absolute Gasteiger partial charge is 0.259 e. The molecular formula is C11H15N3O. The van der Waals surface area contributed by atoms with Gasteiger partial charge >= 0.3 is 0 Å². The summed E-state index contributed by atoms with van der Waals surface area (Å²) in [5, 5.41) is 4.93. The molecule has 2 rings (SSSR count). The van der Waals surface area contributed by atoms with E-state index in [-0.39, 0.29) is 5.56 Å². The highest BCUT2D eigenvalue weighted by atomic mass is 16.1. The topological polar surface area (TPSA) is 50.7 Å². The molecule has 0 fully saturated rings. The summed E-state index contributed by atoms with van der Waals surface area (Å²) >= 11 is 0. The Kier molecular flexibility index (Phi) is 2.34. The lowest BCUT2D eigenvalue weighted by Crippen LogP contribution is -2.13.